The summed E-state index contributed by atoms with van der Waals surface area (Å²) in [5.41, 5.74) is 12.6. The van der Waals surface area contributed by atoms with Crippen LogP contribution in [-0.4, -0.2) is 13.7 Å². The van der Waals surface area contributed by atoms with E-state index in [0.29, 0.717) is 5.56 Å². The van der Waals surface area contributed by atoms with Gasteiger partial charge in [-0.2, -0.15) is 5.26 Å². The van der Waals surface area contributed by atoms with E-state index < -0.39 is 0 Å². The lowest BCUT2D eigenvalue weighted by Crippen LogP contribution is -1.99. The lowest BCUT2D eigenvalue weighted by Gasteiger charge is -2.16. The Kier molecular flexibility index (Phi) is 6.28. The molecule has 11 rings (SSSR count). The fraction of sp³-hybridized carbons (Fsp3) is 0. The van der Waals surface area contributed by atoms with Crippen LogP contribution in [0.1, 0.15) is 5.56 Å². The van der Waals surface area contributed by atoms with Gasteiger partial charge in [-0.15, -0.1) is 0 Å². The number of benzene rings is 8. The number of nitrogens with zero attached hydrogens (tertiary/aromatic N) is 4. The Morgan fingerprint density at radius 2 is 0.811 bits per heavy atom. The van der Waals surface area contributed by atoms with Crippen molar-refractivity contribution in [3.05, 3.63) is 188 Å². The van der Waals surface area contributed by atoms with E-state index in [-0.39, 0.29) is 0 Å². The third-order valence-electron chi connectivity index (χ3n) is 10.8. The van der Waals surface area contributed by atoms with Gasteiger partial charge >= 0.3 is 0 Å². The minimum absolute atomic E-state index is 0.611. The van der Waals surface area contributed by atoms with Crippen molar-refractivity contribution in [1.82, 2.24) is 13.7 Å². The summed E-state index contributed by atoms with van der Waals surface area (Å²) >= 11 is 0. The summed E-state index contributed by atoms with van der Waals surface area (Å²) in [7, 11) is 0. The third kappa shape index (κ3) is 4.29. The zero-order valence-corrected chi connectivity index (χ0v) is 28.6. The zero-order valence-electron chi connectivity index (χ0n) is 28.6. The molecule has 0 saturated carbocycles. The molecule has 4 nitrogen and oxygen atoms in total. The van der Waals surface area contributed by atoms with Crippen LogP contribution in [0.15, 0.2) is 182 Å². The molecule has 11 aromatic rings. The Morgan fingerprint density at radius 1 is 0.340 bits per heavy atom. The Labute approximate surface area is 305 Å². The van der Waals surface area contributed by atoms with Crippen LogP contribution in [-0.2, 0) is 0 Å². The average Bonchev–Trinajstić information content (AvgIpc) is 3.85. The molecule has 53 heavy (non-hydrogen) atoms. The van der Waals surface area contributed by atoms with Crippen molar-refractivity contribution in [1.29, 1.82) is 5.26 Å². The first-order valence-electron chi connectivity index (χ1n) is 17.9. The molecule has 3 aromatic heterocycles. The van der Waals surface area contributed by atoms with E-state index in [1.54, 1.807) is 0 Å². The zero-order chi connectivity index (χ0) is 35.0. The molecule has 0 bridgehead atoms. The highest BCUT2D eigenvalue weighted by molar-refractivity contribution is 6.19. The maximum atomic E-state index is 10.5. The quantitative estimate of drug-likeness (QED) is 0.183. The molecule has 0 saturated heterocycles. The summed E-state index contributed by atoms with van der Waals surface area (Å²) in [5.74, 6) is 0. The van der Waals surface area contributed by atoms with Gasteiger partial charge in [0.15, 0.2) is 0 Å². The average molecular weight is 675 g/mol. The first kappa shape index (κ1) is 29.4. The predicted octanol–water partition coefficient (Wildman–Crippen LogP) is 12.5. The number of para-hydroxylation sites is 6. The highest BCUT2D eigenvalue weighted by Crippen LogP contribution is 2.41. The van der Waals surface area contributed by atoms with Crippen LogP contribution in [0, 0.1) is 11.3 Å². The summed E-state index contributed by atoms with van der Waals surface area (Å²) < 4.78 is 7.06. The normalized spacial score (nSPS) is 11.8. The molecule has 0 radical (unpaired) electrons. The second kappa shape index (κ2) is 11.3. The molecule has 0 unspecified atom stereocenters. The van der Waals surface area contributed by atoms with Gasteiger partial charge in [0.2, 0.25) is 0 Å². The molecule has 0 amide bonds. The van der Waals surface area contributed by atoms with Crippen LogP contribution < -0.4 is 0 Å². The Hall–Kier alpha value is -7.35. The molecule has 0 aliphatic heterocycles. The number of nitriles is 1. The number of aromatic nitrogens is 3. The van der Waals surface area contributed by atoms with Gasteiger partial charge in [-0.25, -0.2) is 0 Å². The van der Waals surface area contributed by atoms with Gasteiger partial charge in [-0.1, -0.05) is 109 Å². The smallest absolute Gasteiger partial charge is 0.0992 e. The van der Waals surface area contributed by atoms with Gasteiger partial charge in [0.25, 0.3) is 0 Å². The van der Waals surface area contributed by atoms with Crippen LogP contribution in [0.3, 0.4) is 0 Å². The number of hydrogen-bond donors (Lipinski definition) is 0. The van der Waals surface area contributed by atoms with E-state index in [9.17, 15) is 5.26 Å². The van der Waals surface area contributed by atoms with Crippen LogP contribution in [0.2, 0.25) is 0 Å². The Bertz CT molecular complexity index is 3240. The van der Waals surface area contributed by atoms with Crippen molar-refractivity contribution in [3.63, 3.8) is 0 Å². The lowest BCUT2D eigenvalue weighted by atomic mass is 10.00. The van der Waals surface area contributed by atoms with E-state index in [4.69, 9.17) is 0 Å². The standard InChI is InChI=1S/C49H30N4/c50-31-32-26-33(36-16-4-9-21-43(36)53-46-24-12-5-17-37(46)38-18-6-13-25-47(38)53)28-35(27-32)52-45-23-11-8-20-40(45)42-29-41-39-19-7-10-22-44(39)51(48(41)30-49(42)52)34-14-2-1-3-15-34/h1-30H. The molecule has 0 spiro atoms. The molecule has 0 N–H and O–H groups in total. The summed E-state index contributed by atoms with van der Waals surface area (Å²) in [4.78, 5) is 0. The lowest BCUT2D eigenvalue weighted by molar-refractivity contribution is 1.16. The van der Waals surface area contributed by atoms with Crippen molar-refractivity contribution in [2.24, 2.45) is 0 Å². The second-order valence-corrected chi connectivity index (χ2v) is 13.7. The molecule has 8 aromatic carbocycles. The van der Waals surface area contributed by atoms with Crippen LogP contribution in [0.5, 0.6) is 0 Å². The molecular weight excluding hydrogens is 645 g/mol. The van der Waals surface area contributed by atoms with Crippen LogP contribution in [0.25, 0.3) is 93.6 Å². The van der Waals surface area contributed by atoms with Gasteiger partial charge in [0, 0.05) is 49.3 Å². The summed E-state index contributed by atoms with van der Waals surface area (Å²) in [6, 6.07) is 67.1. The molecule has 0 atom stereocenters. The fourth-order valence-corrected chi connectivity index (χ4v) is 8.62. The largest absolute Gasteiger partial charge is 0.309 e. The number of fused-ring (bicyclic) bond motifs is 9. The Balaban J connectivity index is 1.21. The molecule has 3 heterocycles. The second-order valence-electron chi connectivity index (χ2n) is 13.7. The Morgan fingerprint density at radius 3 is 1.40 bits per heavy atom. The summed E-state index contributed by atoms with van der Waals surface area (Å²) in [6.07, 6.45) is 0. The first-order valence-corrected chi connectivity index (χ1v) is 17.9. The van der Waals surface area contributed by atoms with Gasteiger partial charge in [-0.05, 0) is 78.4 Å². The third-order valence-corrected chi connectivity index (χ3v) is 10.8. The van der Waals surface area contributed by atoms with Crippen molar-refractivity contribution in [2.75, 3.05) is 0 Å². The van der Waals surface area contributed by atoms with Crippen molar-refractivity contribution >= 4 is 65.4 Å². The maximum Gasteiger partial charge on any atom is 0.0992 e. The predicted molar refractivity (Wildman–Crippen MR) is 220 cm³/mol. The van der Waals surface area contributed by atoms with Crippen LogP contribution in [0.4, 0.5) is 0 Å². The number of hydrogen-bond acceptors (Lipinski definition) is 1. The number of rotatable bonds is 4. The van der Waals surface area contributed by atoms with E-state index in [2.05, 4.69) is 190 Å². The SMILES string of the molecule is N#Cc1cc(-c2ccccc2-n2c3ccccc3c3ccccc32)cc(-n2c3ccccc3c3cc4c5ccccc5n(-c5ccccc5)c4cc32)c1. The van der Waals surface area contributed by atoms with Crippen molar-refractivity contribution in [3.8, 4) is 34.3 Å². The van der Waals surface area contributed by atoms with Gasteiger partial charge < -0.3 is 13.7 Å². The molecule has 0 fully saturated rings. The van der Waals surface area contributed by atoms with Crippen molar-refractivity contribution in [2.45, 2.75) is 0 Å². The maximum absolute atomic E-state index is 10.5. The molecule has 246 valence electrons. The van der Waals surface area contributed by atoms with Crippen molar-refractivity contribution < 1.29 is 0 Å². The van der Waals surface area contributed by atoms with Gasteiger partial charge in [-0.3, -0.25) is 0 Å². The van der Waals surface area contributed by atoms with E-state index in [0.717, 1.165) is 55.8 Å². The van der Waals surface area contributed by atoms with Gasteiger partial charge in [0.1, 0.15) is 0 Å². The van der Waals surface area contributed by atoms with E-state index in [1.807, 2.05) is 12.1 Å². The minimum Gasteiger partial charge on any atom is -0.309 e. The molecule has 4 heteroatoms. The minimum atomic E-state index is 0.611. The molecular formula is C49H30N4. The highest BCUT2D eigenvalue weighted by atomic mass is 15.0. The first-order chi connectivity index (χ1) is 26.3. The topological polar surface area (TPSA) is 38.6 Å². The monoisotopic (exact) mass is 674 g/mol. The highest BCUT2D eigenvalue weighted by Gasteiger charge is 2.20. The molecule has 0 aliphatic rings. The van der Waals surface area contributed by atoms with E-state index in [1.165, 1.54) is 37.8 Å². The summed E-state index contributed by atoms with van der Waals surface area (Å²) in [6.45, 7) is 0. The van der Waals surface area contributed by atoms with Gasteiger partial charge in [0.05, 0.1) is 50.4 Å². The van der Waals surface area contributed by atoms with E-state index >= 15 is 0 Å². The van der Waals surface area contributed by atoms with Crippen LogP contribution >= 0.6 is 0 Å². The molecule has 0 aliphatic carbocycles. The summed E-state index contributed by atoms with van der Waals surface area (Å²) in [5, 5.41) is 17.7. The fourth-order valence-electron chi connectivity index (χ4n) is 8.62.